The lowest BCUT2D eigenvalue weighted by Crippen LogP contribution is -1.96. The number of carbonyl (C=O) groups is 2. The average molecular weight is 272 g/mol. The van der Waals surface area contributed by atoms with Gasteiger partial charge in [0.2, 0.25) is 0 Å². The second-order valence-corrected chi connectivity index (χ2v) is 3.83. The van der Waals surface area contributed by atoms with Crippen LogP contribution in [-0.4, -0.2) is 33.4 Å². The highest BCUT2D eigenvalue weighted by atomic mass is 32.2. The molecule has 0 amide bonds. The molecule has 1 fully saturated rings. The van der Waals surface area contributed by atoms with E-state index < -0.39 is 22.8 Å². The van der Waals surface area contributed by atoms with Crippen molar-refractivity contribution < 1.29 is 22.7 Å². The fraction of sp³-hybridized carbons (Fsp3) is 0.200. The molecule has 2 aliphatic heterocycles. The topological polar surface area (TPSA) is 125 Å². The lowest BCUT2D eigenvalue weighted by Gasteiger charge is -1.86. The summed E-state index contributed by atoms with van der Waals surface area (Å²) in [6.45, 7) is 2.50. The molecule has 0 bridgehead atoms. The maximum Gasteiger partial charge on any atom is 0.346 e. The van der Waals surface area contributed by atoms with Gasteiger partial charge in [0.15, 0.2) is 10.9 Å². The van der Waals surface area contributed by atoms with Gasteiger partial charge in [0.1, 0.15) is 0 Å². The smallest absolute Gasteiger partial charge is 0.346 e. The molecule has 1 aromatic rings. The van der Waals surface area contributed by atoms with E-state index in [1.807, 2.05) is 0 Å². The lowest BCUT2D eigenvalue weighted by atomic mass is 10.1. The van der Waals surface area contributed by atoms with Gasteiger partial charge in [-0.1, -0.05) is 12.1 Å². The number of esters is 2. The maximum absolute atomic E-state index is 10.8. The number of nitrogens with two attached hydrogens (primary N) is 1. The number of benzene rings is 1. The molecule has 3 rings (SSSR count). The van der Waals surface area contributed by atoms with E-state index in [0.29, 0.717) is 11.1 Å². The first-order chi connectivity index (χ1) is 8.52. The fourth-order valence-electron chi connectivity index (χ4n) is 1.03. The molecule has 7 nitrogen and oxygen atoms in total. The molecule has 1 saturated heterocycles. The number of ether oxygens (including phenoxy) is 1. The zero-order valence-electron chi connectivity index (χ0n) is 9.29. The molecule has 18 heavy (non-hydrogen) atoms. The highest BCUT2D eigenvalue weighted by Crippen LogP contribution is 2.18. The third kappa shape index (κ3) is 5.04. The number of thiol groups is 1. The van der Waals surface area contributed by atoms with Crippen LogP contribution in [0.4, 0.5) is 0 Å². The molecule has 0 radical (unpaired) electrons. The van der Waals surface area contributed by atoms with Gasteiger partial charge in [0.25, 0.3) is 0 Å². The second kappa shape index (κ2) is 6.84. The largest absolute Gasteiger partial charge is 0.386 e. The molecular weight excluding hydrogens is 260 g/mol. The highest BCUT2D eigenvalue weighted by molar-refractivity contribution is 7.69. The molecule has 98 valence electrons. The van der Waals surface area contributed by atoms with Gasteiger partial charge < -0.3 is 10.1 Å². The Morgan fingerprint density at radius 3 is 1.67 bits per heavy atom. The van der Waals surface area contributed by atoms with Crippen LogP contribution >= 0.6 is 0 Å². The van der Waals surface area contributed by atoms with Gasteiger partial charge in [-0.05, 0) is 12.1 Å². The number of carbonyl (C=O) groups excluding carboxylic acids is 2. The first kappa shape index (κ1) is 14.3. The van der Waals surface area contributed by atoms with E-state index in [1.54, 1.807) is 24.3 Å². The van der Waals surface area contributed by atoms with Crippen LogP contribution in [0.5, 0.6) is 0 Å². The number of nitrogens with one attached hydrogen (secondary N) is 1. The molecule has 0 aliphatic carbocycles. The Hall–Kier alpha value is -1.77. The van der Waals surface area contributed by atoms with Gasteiger partial charge >= 0.3 is 11.9 Å². The second-order valence-electron chi connectivity index (χ2n) is 3.26. The van der Waals surface area contributed by atoms with Crippen molar-refractivity contribution in [1.82, 2.24) is 5.32 Å². The number of fused-ring (bicyclic) bond motifs is 1. The summed E-state index contributed by atoms with van der Waals surface area (Å²) >= 11 is 0. The van der Waals surface area contributed by atoms with E-state index in [1.165, 1.54) is 13.1 Å². The standard InChI is InChI=1S/C8H4O3.C2H5N.H3NO2S/c9-7-5-3-1-2-4-6(5)8(10)11-7;1-2-3-1;1-4(2)3/h1-4H;3H,1-2H2;4H,(H2,1,2,3). The Labute approximate surface area is 105 Å². The third-order valence-corrected chi connectivity index (χ3v) is 1.80. The first-order valence-corrected chi connectivity index (χ1v) is 6.22. The summed E-state index contributed by atoms with van der Waals surface area (Å²) in [4.78, 5) is 21.7. The minimum absolute atomic E-state index is 0.359. The van der Waals surface area contributed by atoms with Crippen molar-refractivity contribution in [2.24, 2.45) is 5.14 Å². The van der Waals surface area contributed by atoms with Crippen molar-refractivity contribution in [3.05, 3.63) is 35.4 Å². The number of hydrogen-bond donors (Lipinski definition) is 3. The monoisotopic (exact) mass is 272 g/mol. The fourth-order valence-corrected chi connectivity index (χ4v) is 1.03. The average Bonchev–Trinajstić information content (AvgIpc) is 3.13. The zero-order chi connectivity index (χ0) is 13.5. The van der Waals surface area contributed by atoms with E-state index >= 15 is 0 Å². The third-order valence-electron chi connectivity index (χ3n) is 1.80. The van der Waals surface area contributed by atoms with E-state index in [2.05, 4.69) is 15.2 Å². The molecule has 3 N–H and O–H groups in total. The SMILES string of the molecule is C1CN1.N[SH](=O)=O.O=C1OC(=O)c2ccccc21. The van der Waals surface area contributed by atoms with Crippen LogP contribution in [0.3, 0.4) is 0 Å². The van der Waals surface area contributed by atoms with Crippen molar-refractivity contribution in [1.29, 1.82) is 0 Å². The molecule has 2 aliphatic rings. The summed E-state index contributed by atoms with van der Waals surface area (Å²) in [5, 5.41) is 7.06. The van der Waals surface area contributed by atoms with Crippen molar-refractivity contribution >= 4 is 22.8 Å². The zero-order valence-corrected chi connectivity index (χ0v) is 10.2. The molecule has 0 atom stereocenters. The van der Waals surface area contributed by atoms with E-state index in [0.717, 1.165) is 0 Å². The van der Waals surface area contributed by atoms with Crippen molar-refractivity contribution in [3.8, 4) is 0 Å². The van der Waals surface area contributed by atoms with E-state index in [-0.39, 0.29) is 0 Å². The highest BCUT2D eigenvalue weighted by Gasteiger charge is 2.28. The molecule has 0 saturated carbocycles. The molecule has 0 aromatic heterocycles. The predicted molar refractivity (Wildman–Crippen MR) is 63.6 cm³/mol. The summed E-state index contributed by atoms with van der Waals surface area (Å²) in [6, 6.07) is 6.53. The molecule has 1 aromatic carbocycles. The minimum Gasteiger partial charge on any atom is -0.386 e. The minimum atomic E-state index is -2.62. The van der Waals surface area contributed by atoms with Gasteiger partial charge in [-0.3, -0.25) is 0 Å². The van der Waals surface area contributed by atoms with Gasteiger partial charge in [0, 0.05) is 13.1 Å². The van der Waals surface area contributed by atoms with Crippen molar-refractivity contribution in [3.63, 3.8) is 0 Å². The van der Waals surface area contributed by atoms with Crippen LogP contribution in [-0.2, 0) is 15.6 Å². The Balaban J connectivity index is 0.000000192. The molecular formula is C10H12N2O5S. The van der Waals surface area contributed by atoms with E-state index in [4.69, 9.17) is 8.42 Å². The summed E-state index contributed by atoms with van der Waals surface area (Å²) < 4.78 is 22.0. The summed E-state index contributed by atoms with van der Waals surface area (Å²) in [5.74, 6) is -1.10. The molecule has 0 spiro atoms. The molecule has 2 heterocycles. The van der Waals surface area contributed by atoms with Gasteiger partial charge in [0.05, 0.1) is 11.1 Å². The molecule has 8 heteroatoms. The number of hydrogen-bond acceptors (Lipinski definition) is 6. The lowest BCUT2D eigenvalue weighted by molar-refractivity contribution is 0.0444. The van der Waals surface area contributed by atoms with Crippen LogP contribution in [0.1, 0.15) is 20.7 Å². The van der Waals surface area contributed by atoms with Crippen LogP contribution in [0.25, 0.3) is 0 Å². The number of rotatable bonds is 0. The maximum atomic E-state index is 10.8. The predicted octanol–water partition coefficient (Wildman–Crippen LogP) is -0.942. The normalized spacial score (nSPS) is 14.8. The van der Waals surface area contributed by atoms with Gasteiger partial charge in [-0.2, -0.15) is 0 Å². The summed E-state index contributed by atoms with van der Waals surface area (Å²) in [7, 11) is -2.62. The van der Waals surface area contributed by atoms with Crippen molar-refractivity contribution in [2.45, 2.75) is 0 Å². The van der Waals surface area contributed by atoms with Crippen LogP contribution in [0.2, 0.25) is 0 Å². The molecule has 0 unspecified atom stereocenters. The first-order valence-electron chi connectivity index (χ1n) is 4.97. The van der Waals surface area contributed by atoms with E-state index in [9.17, 15) is 9.59 Å². The van der Waals surface area contributed by atoms with Crippen LogP contribution in [0, 0.1) is 0 Å². The summed E-state index contributed by atoms with van der Waals surface area (Å²) in [5.41, 5.74) is 0.718. The Bertz CT molecular complexity index is 481. The Morgan fingerprint density at radius 2 is 1.39 bits per heavy atom. The van der Waals surface area contributed by atoms with Crippen molar-refractivity contribution in [2.75, 3.05) is 13.1 Å². The summed E-state index contributed by atoms with van der Waals surface area (Å²) in [6.07, 6.45) is 0. The van der Waals surface area contributed by atoms with Gasteiger partial charge in [-0.25, -0.2) is 23.1 Å². The Morgan fingerprint density at radius 1 is 1.06 bits per heavy atom. The van der Waals surface area contributed by atoms with Crippen LogP contribution < -0.4 is 10.5 Å². The Kier molecular flexibility index (Phi) is 5.43. The van der Waals surface area contributed by atoms with Gasteiger partial charge in [-0.15, -0.1) is 0 Å². The number of cyclic esters (lactones) is 2. The van der Waals surface area contributed by atoms with Crippen LogP contribution in [0.15, 0.2) is 24.3 Å². The quantitative estimate of drug-likeness (QED) is 0.242.